The van der Waals surface area contributed by atoms with Crippen LogP contribution in [0.15, 0.2) is 54.7 Å². The van der Waals surface area contributed by atoms with Gasteiger partial charge in [0.05, 0.1) is 5.52 Å². The van der Waals surface area contributed by atoms with Gasteiger partial charge in [-0.15, -0.1) is 0 Å². The third kappa shape index (κ3) is 4.82. The molecule has 0 spiro atoms. The van der Waals surface area contributed by atoms with Gasteiger partial charge in [-0.1, -0.05) is 36.6 Å². The molecule has 2 N–H and O–H groups in total. The minimum absolute atomic E-state index is 0.408. The summed E-state index contributed by atoms with van der Waals surface area (Å²) in [4.78, 5) is 6.60. The summed E-state index contributed by atoms with van der Waals surface area (Å²) in [6, 6.07) is 17.7. The first-order valence-corrected chi connectivity index (χ1v) is 10.8. The van der Waals surface area contributed by atoms with Crippen LogP contribution in [0.3, 0.4) is 0 Å². The van der Waals surface area contributed by atoms with Crippen molar-refractivity contribution in [3.8, 4) is 0 Å². The number of fused-ring (bicyclic) bond motifs is 1. The number of pyridine rings is 1. The van der Waals surface area contributed by atoms with Crippen molar-refractivity contribution in [3.05, 3.63) is 65.3 Å². The van der Waals surface area contributed by atoms with Gasteiger partial charge < -0.3 is 15.5 Å². The highest BCUT2D eigenvalue weighted by molar-refractivity contribution is 6.31. The van der Waals surface area contributed by atoms with E-state index in [1.54, 1.807) is 0 Å². The van der Waals surface area contributed by atoms with E-state index in [0.29, 0.717) is 12.1 Å². The first kappa shape index (κ1) is 20.0. The van der Waals surface area contributed by atoms with Gasteiger partial charge in [-0.05, 0) is 54.8 Å². The standard InChI is InChI=1S/C24H29ClN4/c1-29(2)19-10-7-17(8-11-19)16-27-22-5-3-4-6-23(22)28-21-13-14-26-24-15-18(25)9-12-20(21)24/h7-15,22-23,27H,3-6,16H2,1-2H3,(H,26,28)/t22-,23-/m0/s1. The number of anilines is 2. The summed E-state index contributed by atoms with van der Waals surface area (Å²) in [5.74, 6) is 0. The SMILES string of the molecule is CN(C)c1ccc(CN[C@H]2CCCC[C@@H]2Nc2ccnc3cc(Cl)ccc23)cc1. The van der Waals surface area contributed by atoms with Gasteiger partial charge in [0.15, 0.2) is 0 Å². The highest BCUT2D eigenvalue weighted by Crippen LogP contribution is 2.28. The fourth-order valence-corrected chi connectivity index (χ4v) is 4.32. The zero-order chi connectivity index (χ0) is 20.2. The number of nitrogens with one attached hydrogen (secondary N) is 2. The van der Waals surface area contributed by atoms with Gasteiger partial charge in [-0.3, -0.25) is 4.98 Å². The third-order valence-electron chi connectivity index (χ3n) is 5.83. The van der Waals surface area contributed by atoms with Gasteiger partial charge in [0, 0.05) is 60.7 Å². The van der Waals surface area contributed by atoms with Crippen LogP contribution in [0.1, 0.15) is 31.2 Å². The van der Waals surface area contributed by atoms with E-state index in [2.05, 4.69) is 71.0 Å². The van der Waals surface area contributed by atoms with Crippen molar-refractivity contribution in [2.24, 2.45) is 0 Å². The van der Waals surface area contributed by atoms with Crippen LogP contribution in [-0.4, -0.2) is 31.2 Å². The summed E-state index contributed by atoms with van der Waals surface area (Å²) in [6.07, 6.45) is 6.78. The van der Waals surface area contributed by atoms with Crippen molar-refractivity contribution in [2.75, 3.05) is 24.3 Å². The van der Waals surface area contributed by atoms with Gasteiger partial charge in [0.25, 0.3) is 0 Å². The van der Waals surface area contributed by atoms with E-state index in [0.717, 1.165) is 28.2 Å². The zero-order valence-electron chi connectivity index (χ0n) is 17.2. The lowest BCUT2D eigenvalue weighted by Crippen LogP contribution is -2.45. The lowest BCUT2D eigenvalue weighted by molar-refractivity contribution is 0.342. The lowest BCUT2D eigenvalue weighted by atomic mass is 9.89. The number of halogens is 1. The molecule has 0 bridgehead atoms. The first-order valence-electron chi connectivity index (χ1n) is 10.4. The first-order chi connectivity index (χ1) is 14.1. The van der Waals surface area contributed by atoms with Crippen molar-refractivity contribution in [1.29, 1.82) is 0 Å². The second-order valence-corrected chi connectivity index (χ2v) is 8.54. The van der Waals surface area contributed by atoms with Crippen LogP contribution in [0.5, 0.6) is 0 Å². The number of aromatic nitrogens is 1. The van der Waals surface area contributed by atoms with Crippen LogP contribution in [0.2, 0.25) is 5.02 Å². The highest BCUT2D eigenvalue weighted by Gasteiger charge is 2.25. The maximum atomic E-state index is 6.14. The Morgan fingerprint density at radius 3 is 2.52 bits per heavy atom. The maximum absolute atomic E-state index is 6.14. The summed E-state index contributed by atoms with van der Waals surface area (Å²) < 4.78 is 0. The minimum Gasteiger partial charge on any atom is -0.380 e. The fourth-order valence-electron chi connectivity index (χ4n) is 4.16. The summed E-state index contributed by atoms with van der Waals surface area (Å²) in [7, 11) is 4.14. The Morgan fingerprint density at radius 2 is 1.76 bits per heavy atom. The molecule has 152 valence electrons. The van der Waals surface area contributed by atoms with E-state index in [4.69, 9.17) is 11.6 Å². The Bertz CT molecular complexity index is 955. The molecule has 1 fully saturated rings. The Labute approximate surface area is 178 Å². The molecule has 1 saturated carbocycles. The number of hydrogen-bond donors (Lipinski definition) is 2. The molecule has 1 aliphatic rings. The van der Waals surface area contributed by atoms with Crippen LogP contribution in [0.4, 0.5) is 11.4 Å². The molecule has 0 aliphatic heterocycles. The van der Waals surface area contributed by atoms with Crippen LogP contribution in [-0.2, 0) is 6.54 Å². The van der Waals surface area contributed by atoms with Gasteiger partial charge in [-0.2, -0.15) is 0 Å². The zero-order valence-corrected chi connectivity index (χ0v) is 17.9. The second kappa shape index (κ2) is 9.02. The maximum Gasteiger partial charge on any atom is 0.0737 e. The number of rotatable bonds is 6. The molecule has 0 radical (unpaired) electrons. The van der Waals surface area contributed by atoms with Crippen molar-refractivity contribution in [2.45, 2.75) is 44.3 Å². The number of hydrogen-bond acceptors (Lipinski definition) is 4. The monoisotopic (exact) mass is 408 g/mol. The molecule has 0 amide bonds. The van der Waals surface area contributed by atoms with Gasteiger partial charge in [-0.25, -0.2) is 0 Å². The second-order valence-electron chi connectivity index (χ2n) is 8.10. The molecule has 0 saturated heterocycles. The van der Waals surface area contributed by atoms with E-state index in [1.807, 2.05) is 18.3 Å². The van der Waals surface area contributed by atoms with E-state index in [1.165, 1.54) is 36.9 Å². The van der Waals surface area contributed by atoms with Gasteiger partial charge in [0.2, 0.25) is 0 Å². The van der Waals surface area contributed by atoms with Crippen molar-refractivity contribution >= 4 is 33.9 Å². The van der Waals surface area contributed by atoms with Gasteiger partial charge >= 0.3 is 0 Å². The largest absolute Gasteiger partial charge is 0.380 e. The average Bonchev–Trinajstić information content (AvgIpc) is 2.73. The lowest BCUT2D eigenvalue weighted by Gasteiger charge is -2.34. The van der Waals surface area contributed by atoms with E-state index in [-0.39, 0.29) is 0 Å². The molecular formula is C24H29ClN4. The molecule has 2 atom stereocenters. The molecule has 4 nitrogen and oxygen atoms in total. The Balaban J connectivity index is 1.45. The molecular weight excluding hydrogens is 380 g/mol. The van der Waals surface area contributed by atoms with E-state index < -0.39 is 0 Å². The summed E-state index contributed by atoms with van der Waals surface area (Å²) in [5.41, 5.74) is 4.63. The molecule has 3 aromatic rings. The number of benzene rings is 2. The van der Waals surface area contributed by atoms with Gasteiger partial charge in [0.1, 0.15) is 0 Å². The highest BCUT2D eigenvalue weighted by atomic mass is 35.5. The van der Waals surface area contributed by atoms with Crippen LogP contribution in [0, 0.1) is 0 Å². The van der Waals surface area contributed by atoms with Crippen LogP contribution in [0.25, 0.3) is 10.9 Å². The minimum atomic E-state index is 0.408. The van der Waals surface area contributed by atoms with E-state index in [9.17, 15) is 0 Å². The Morgan fingerprint density at radius 1 is 1.00 bits per heavy atom. The summed E-state index contributed by atoms with van der Waals surface area (Å²) in [6.45, 7) is 0.892. The molecule has 2 aromatic carbocycles. The van der Waals surface area contributed by atoms with Crippen LogP contribution < -0.4 is 15.5 Å². The fraction of sp³-hybridized carbons (Fsp3) is 0.375. The molecule has 1 aromatic heterocycles. The molecule has 0 unspecified atom stereocenters. The van der Waals surface area contributed by atoms with Crippen molar-refractivity contribution in [1.82, 2.24) is 10.3 Å². The van der Waals surface area contributed by atoms with E-state index >= 15 is 0 Å². The van der Waals surface area contributed by atoms with Crippen molar-refractivity contribution in [3.63, 3.8) is 0 Å². The third-order valence-corrected chi connectivity index (χ3v) is 6.07. The smallest absolute Gasteiger partial charge is 0.0737 e. The molecule has 1 aliphatic carbocycles. The predicted molar refractivity (Wildman–Crippen MR) is 124 cm³/mol. The Kier molecular flexibility index (Phi) is 6.22. The predicted octanol–water partition coefficient (Wildman–Crippen LogP) is 5.47. The Hall–Kier alpha value is -2.30. The topological polar surface area (TPSA) is 40.2 Å². The molecule has 5 heteroatoms. The molecule has 1 heterocycles. The molecule has 29 heavy (non-hydrogen) atoms. The quantitative estimate of drug-likeness (QED) is 0.567. The van der Waals surface area contributed by atoms with Crippen LogP contribution >= 0.6 is 11.6 Å². The summed E-state index contributed by atoms with van der Waals surface area (Å²) >= 11 is 6.14. The molecule has 4 rings (SSSR count). The average molecular weight is 409 g/mol. The normalized spacial score (nSPS) is 19.3. The summed E-state index contributed by atoms with van der Waals surface area (Å²) in [5, 5.41) is 9.45. The number of nitrogens with zero attached hydrogens (tertiary/aromatic N) is 2. The van der Waals surface area contributed by atoms with Crippen molar-refractivity contribution < 1.29 is 0 Å².